The molecule has 10 heteroatoms. The molecule has 0 radical (unpaired) electrons. The molecule has 3 aromatic rings. The van der Waals surface area contributed by atoms with E-state index in [1.54, 1.807) is 28.8 Å². The van der Waals surface area contributed by atoms with E-state index < -0.39 is 0 Å². The number of carbonyl (C=O) groups excluding carboxylic acids is 1. The van der Waals surface area contributed by atoms with Crippen LogP contribution in [0.4, 0.5) is 4.39 Å². The van der Waals surface area contributed by atoms with Crippen LogP contribution in [0, 0.1) is 10.6 Å². The summed E-state index contributed by atoms with van der Waals surface area (Å²) in [6.45, 7) is 6.89. The molecule has 0 bridgehead atoms. The van der Waals surface area contributed by atoms with Crippen molar-refractivity contribution in [3.63, 3.8) is 0 Å². The number of carbonyl (C=O) groups is 1. The van der Waals surface area contributed by atoms with Crippen LogP contribution in [0.3, 0.4) is 0 Å². The standard InChI is InChI=1S/C22H25FN4O4S/c1-4-29-17-11-14(12-18(30-5-2)20(17)31-6-3)21(28)24-13-19-25-26-22(32)27(19)16-9-7-15(23)8-10-16/h7-12H,4-6,13H2,1-3H3,(H,24,28)(H,26,32). The number of ether oxygens (including phenoxy) is 3. The van der Waals surface area contributed by atoms with E-state index in [0.717, 1.165) is 0 Å². The minimum absolute atomic E-state index is 0.0878. The van der Waals surface area contributed by atoms with Crippen LogP contribution < -0.4 is 19.5 Å². The van der Waals surface area contributed by atoms with Gasteiger partial charge in [0.05, 0.1) is 26.4 Å². The van der Waals surface area contributed by atoms with Crippen LogP contribution in [0.2, 0.25) is 0 Å². The zero-order chi connectivity index (χ0) is 23.1. The molecule has 0 spiro atoms. The summed E-state index contributed by atoms with van der Waals surface area (Å²) in [5.74, 6) is 1.08. The SMILES string of the molecule is CCOc1cc(C(=O)NCc2n[nH]c(=S)n2-c2ccc(F)cc2)cc(OCC)c1OCC. The lowest BCUT2D eigenvalue weighted by atomic mass is 10.1. The summed E-state index contributed by atoms with van der Waals surface area (Å²) >= 11 is 5.28. The third kappa shape index (κ3) is 5.25. The maximum Gasteiger partial charge on any atom is 0.251 e. The van der Waals surface area contributed by atoms with Crippen molar-refractivity contribution in [3.05, 3.63) is 58.4 Å². The molecule has 8 nitrogen and oxygen atoms in total. The number of benzene rings is 2. The van der Waals surface area contributed by atoms with Gasteiger partial charge in [-0.05, 0) is 69.4 Å². The molecule has 170 valence electrons. The second-order valence-electron chi connectivity index (χ2n) is 6.54. The van der Waals surface area contributed by atoms with Gasteiger partial charge in [-0.25, -0.2) is 4.39 Å². The van der Waals surface area contributed by atoms with Crippen LogP contribution >= 0.6 is 12.2 Å². The Bertz CT molecular complexity index is 1100. The molecular formula is C22H25FN4O4S. The Morgan fingerprint density at radius 3 is 2.22 bits per heavy atom. The van der Waals surface area contributed by atoms with E-state index in [-0.39, 0.29) is 18.3 Å². The first-order valence-electron chi connectivity index (χ1n) is 10.2. The summed E-state index contributed by atoms with van der Waals surface area (Å²) in [7, 11) is 0. The molecule has 3 rings (SSSR count). The van der Waals surface area contributed by atoms with Gasteiger partial charge >= 0.3 is 0 Å². The third-order valence-electron chi connectivity index (χ3n) is 4.41. The summed E-state index contributed by atoms with van der Waals surface area (Å²) in [6, 6.07) is 9.06. The van der Waals surface area contributed by atoms with Gasteiger partial charge in [0.25, 0.3) is 5.91 Å². The van der Waals surface area contributed by atoms with E-state index >= 15 is 0 Å². The lowest BCUT2D eigenvalue weighted by molar-refractivity contribution is 0.0948. The molecule has 0 fully saturated rings. The maximum atomic E-state index is 13.3. The Morgan fingerprint density at radius 1 is 1.06 bits per heavy atom. The predicted octanol–water partition coefficient (Wildman–Crippen LogP) is 4.20. The Labute approximate surface area is 190 Å². The van der Waals surface area contributed by atoms with E-state index in [4.69, 9.17) is 26.4 Å². The fraction of sp³-hybridized carbons (Fsp3) is 0.318. The largest absolute Gasteiger partial charge is 0.490 e. The lowest BCUT2D eigenvalue weighted by Crippen LogP contribution is -2.25. The summed E-state index contributed by atoms with van der Waals surface area (Å²) in [6.07, 6.45) is 0. The first kappa shape index (κ1) is 23.3. The van der Waals surface area contributed by atoms with Gasteiger partial charge < -0.3 is 19.5 Å². The van der Waals surface area contributed by atoms with Crippen molar-refractivity contribution in [2.75, 3.05) is 19.8 Å². The molecule has 1 heterocycles. The minimum atomic E-state index is -0.357. The minimum Gasteiger partial charge on any atom is -0.490 e. The molecule has 1 amide bonds. The van der Waals surface area contributed by atoms with Gasteiger partial charge in [-0.2, -0.15) is 5.10 Å². The van der Waals surface area contributed by atoms with Crippen molar-refractivity contribution in [1.82, 2.24) is 20.1 Å². The molecule has 0 aliphatic carbocycles. The summed E-state index contributed by atoms with van der Waals surface area (Å²) < 4.78 is 32.3. The molecule has 0 saturated carbocycles. The number of hydrogen-bond acceptors (Lipinski definition) is 6. The number of aromatic nitrogens is 3. The summed E-state index contributed by atoms with van der Waals surface area (Å²) in [4.78, 5) is 12.9. The highest BCUT2D eigenvalue weighted by Crippen LogP contribution is 2.39. The predicted molar refractivity (Wildman–Crippen MR) is 120 cm³/mol. The van der Waals surface area contributed by atoms with E-state index in [1.165, 1.54) is 12.1 Å². The Kier molecular flexibility index (Phi) is 7.82. The quantitative estimate of drug-likeness (QED) is 0.441. The lowest BCUT2D eigenvalue weighted by Gasteiger charge is -2.17. The van der Waals surface area contributed by atoms with E-state index in [0.29, 0.717) is 58.9 Å². The molecule has 0 atom stereocenters. The first-order chi connectivity index (χ1) is 15.5. The van der Waals surface area contributed by atoms with Crippen LogP contribution in [-0.4, -0.2) is 40.5 Å². The highest BCUT2D eigenvalue weighted by atomic mass is 32.1. The second-order valence-corrected chi connectivity index (χ2v) is 6.93. The van der Waals surface area contributed by atoms with E-state index in [2.05, 4.69) is 15.5 Å². The number of nitrogens with one attached hydrogen (secondary N) is 2. The first-order valence-corrected chi connectivity index (χ1v) is 10.7. The monoisotopic (exact) mass is 460 g/mol. The number of H-pyrrole nitrogens is 1. The van der Waals surface area contributed by atoms with Crippen LogP contribution in [0.1, 0.15) is 37.0 Å². The van der Waals surface area contributed by atoms with Crippen molar-refractivity contribution >= 4 is 18.1 Å². The molecule has 2 N–H and O–H groups in total. The molecular weight excluding hydrogens is 435 g/mol. The van der Waals surface area contributed by atoms with Gasteiger partial charge in [-0.15, -0.1) is 0 Å². The van der Waals surface area contributed by atoms with Crippen molar-refractivity contribution in [2.45, 2.75) is 27.3 Å². The van der Waals surface area contributed by atoms with Gasteiger partial charge in [-0.3, -0.25) is 14.5 Å². The second kappa shape index (κ2) is 10.8. The number of hydrogen-bond donors (Lipinski definition) is 2. The molecule has 0 aliphatic rings. The number of amides is 1. The van der Waals surface area contributed by atoms with Gasteiger partial charge in [0.1, 0.15) is 5.82 Å². The molecule has 32 heavy (non-hydrogen) atoms. The average Bonchev–Trinajstić information content (AvgIpc) is 3.15. The normalized spacial score (nSPS) is 10.6. The van der Waals surface area contributed by atoms with E-state index in [1.807, 2.05) is 20.8 Å². The zero-order valence-electron chi connectivity index (χ0n) is 18.1. The summed E-state index contributed by atoms with van der Waals surface area (Å²) in [5.41, 5.74) is 0.982. The molecule has 1 aromatic heterocycles. The van der Waals surface area contributed by atoms with Gasteiger partial charge in [0, 0.05) is 11.3 Å². The average molecular weight is 461 g/mol. The van der Waals surface area contributed by atoms with Crippen LogP contribution in [0.25, 0.3) is 5.69 Å². The van der Waals surface area contributed by atoms with Crippen molar-refractivity contribution in [3.8, 4) is 22.9 Å². The van der Waals surface area contributed by atoms with Crippen molar-refractivity contribution < 1.29 is 23.4 Å². The van der Waals surface area contributed by atoms with Crippen LogP contribution in [-0.2, 0) is 6.54 Å². The highest BCUT2D eigenvalue weighted by molar-refractivity contribution is 7.71. The smallest absolute Gasteiger partial charge is 0.251 e. The molecule has 0 aliphatic heterocycles. The van der Waals surface area contributed by atoms with Gasteiger partial charge in [0.2, 0.25) is 5.75 Å². The Morgan fingerprint density at radius 2 is 1.66 bits per heavy atom. The fourth-order valence-electron chi connectivity index (χ4n) is 3.09. The summed E-state index contributed by atoms with van der Waals surface area (Å²) in [5, 5.41) is 9.71. The Balaban J connectivity index is 1.85. The Hall–Kier alpha value is -3.40. The number of rotatable bonds is 10. The molecule has 0 saturated heterocycles. The van der Waals surface area contributed by atoms with Crippen molar-refractivity contribution in [2.24, 2.45) is 0 Å². The number of nitrogens with zero attached hydrogens (tertiary/aromatic N) is 2. The number of aromatic amines is 1. The zero-order valence-corrected chi connectivity index (χ0v) is 18.9. The van der Waals surface area contributed by atoms with Crippen molar-refractivity contribution in [1.29, 1.82) is 0 Å². The highest BCUT2D eigenvalue weighted by Gasteiger charge is 2.19. The van der Waals surface area contributed by atoms with Gasteiger partial charge in [-0.1, -0.05) is 0 Å². The van der Waals surface area contributed by atoms with Crippen LogP contribution in [0.15, 0.2) is 36.4 Å². The molecule has 2 aromatic carbocycles. The maximum absolute atomic E-state index is 13.3. The van der Waals surface area contributed by atoms with Gasteiger partial charge in [0.15, 0.2) is 22.1 Å². The topological polar surface area (TPSA) is 90.4 Å². The number of halogens is 1. The molecule has 0 unspecified atom stereocenters. The fourth-order valence-corrected chi connectivity index (χ4v) is 3.34. The van der Waals surface area contributed by atoms with Crippen LogP contribution in [0.5, 0.6) is 17.2 Å². The third-order valence-corrected chi connectivity index (χ3v) is 4.68. The van der Waals surface area contributed by atoms with E-state index in [9.17, 15) is 9.18 Å².